The molecule has 3 rings (SSSR count). The zero-order valence-electron chi connectivity index (χ0n) is 15.8. The van der Waals surface area contributed by atoms with Crippen molar-refractivity contribution in [1.29, 1.82) is 0 Å². The maximum Gasteiger partial charge on any atom is 0.341 e. The minimum absolute atomic E-state index is 0.244. The fraction of sp³-hybridized carbons (Fsp3) is 0.409. The number of carbonyl (C=O) groups is 1. The molecule has 1 unspecified atom stereocenters. The SMILES string of the molecule is O=C(O)COc1cccc2c1CCCC(NC[C@H](O)COc1ccccc1)C2. The Hall–Kier alpha value is -2.57. The van der Waals surface area contributed by atoms with Crippen LogP contribution in [0, 0.1) is 0 Å². The van der Waals surface area contributed by atoms with Gasteiger partial charge in [-0.05, 0) is 55.0 Å². The topological polar surface area (TPSA) is 88.0 Å². The predicted molar refractivity (Wildman–Crippen MR) is 106 cm³/mol. The van der Waals surface area contributed by atoms with Gasteiger partial charge < -0.3 is 25.0 Å². The molecule has 0 radical (unpaired) electrons. The van der Waals surface area contributed by atoms with Crippen molar-refractivity contribution < 1.29 is 24.5 Å². The summed E-state index contributed by atoms with van der Waals surface area (Å²) in [7, 11) is 0. The summed E-state index contributed by atoms with van der Waals surface area (Å²) >= 11 is 0. The van der Waals surface area contributed by atoms with Crippen LogP contribution >= 0.6 is 0 Å². The molecule has 6 heteroatoms. The van der Waals surface area contributed by atoms with Gasteiger partial charge in [0.15, 0.2) is 6.61 Å². The Bertz CT molecular complexity index is 765. The molecule has 0 aliphatic heterocycles. The van der Waals surface area contributed by atoms with Gasteiger partial charge in [0, 0.05) is 12.6 Å². The van der Waals surface area contributed by atoms with Gasteiger partial charge in [-0.15, -0.1) is 0 Å². The van der Waals surface area contributed by atoms with Gasteiger partial charge in [-0.2, -0.15) is 0 Å². The van der Waals surface area contributed by atoms with Crippen molar-refractivity contribution in [3.63, 3.8) is 0 Å². The molecule has 1 aliphatic carbocycles. The van der Waals surface area contributed by atoms with Gasteiger partial charge in [0.05, 0.1) is 0 Å². The van der Waals surface area contributed by atoms with E-state index < -0.39 is 12.1 Å². The molecule has 28 heavy (non-hydrogen) atoms. The number of nitrogens with one attached hydrogen (secondary N) is 1. The molecule has 3 N–H and O–H groups in total. The largest absolute Gasteiger partial charge is 0.491 e. The van der Waals surface area contributed by atoms with E-state index in [1.54, 1.807) is 0 Å². The number of rotatable bonds is 9. The van der Waals surface area contributed by atoms with E-state index in [-0.39, 0.29) is 19.3 Å². The molecule has 6 nitrogen and oxygen atoms in total. The lowest BCUT2D eigenvalue weighted by molar-refractivity contribution is -0.139. The highest BCUT2D eigenvalue weighted by Crippen LogP contribution is 2.29. The van der Waals surface area contributed by atoms with Crippen molar-refractivity contribution in [1.82, 2.24) is 5.32 Å². The van der Waals surface area contributed by atoms with Gasteiger partial charge in [0.1, 0.15) is 24.2 Å². The van der Waals surface area contributed by atoms with Gasteiger partial charge >= 0.3 is 5.97 Å². The molecule has 0 heterocycles. The van der Waals surface area contributed by atoms with Crippen LogP contribution in [0.5, 0.6) is 11.5 Å². The van der Waals surface area contributed by atoms with E-state index in [0.29, 0.717) is 12.3 Å². The van der Waals surface area contributed by atoms with Crippen LogP contribution in [0.3, 0.4) is 0 Å². The summed E-state index contributed by atoms with van der Waals surface area (Å²) < 4.78 is 11.0. The van der Waals surface area contributed by atoms with Gasteiger partial charge in [0.25, 0.3) is 0 Å². The summed E-state index contributed by atoms with van der Waals surface area (Å²) in [5.41, 5.74) is 2.27. The highest BCUT2D eigenvalue weighted by molar-refractivity contribution is 5.68. The Balaban J connectivity index is 1.51. The zero-order chi connectivity index (χ0) is 19.8. The van der Waals surface area contributed by atoms with E-state index in [1.807, 2.05) is 42.5 Å². The minimum atomic E-state index is -0.975. The Morgan fingerprint density at radius 2 is 1.96 bits per heavy atom. The van der Waals surface area contributed by atoms with E-state index in [4.69, 9.17) is 14.6 Å². The number of hydrogen-bond donors (Lipinski definition) is 3. The molecule has 0 aromatic heterocycles. The molecule has 0 saturated carbocycles. The van der Waals surface area contributed by atoms with Gasteiger partial charge in [-0.3, -0.25) is 0 Å². The van der Waals surface area contributed by atoms with Crippen molar-refractivity contribution in [2.75, 3.05) is 19.8 Å². The first-order valence-electron chi connectivity index (χ1n) is 9.66. The van der Waals surface area contributed by atoms with Gasteiger partial charge in [-0.1, -0.05) is 30.3 Å². The average Bonchev–Trinajstić information content (AvgIpc) is 2.92. The van der Waals surface area contributed by atoms with E-state index in [1.165, 1.54) is 5.56 Å². The molecule has 0 spiro atoms. The third-order valence-corrected chi connectivity index (χ3v) is 4.85. The van der Waals surface area contributed by atoms with Crippen molar-refractivity contribution >= 4 is 5.97 Å². The first-order valence-corrected chi connectivity index (χ1v) is 9.66. The van der Waals surface area contributed by atoms with Crippen LogP contribution in [0.2, 0.25) is 0 Å². The maximum atomic E-state index is 10.8. The number of benzene rings is 2. The van der Waals surface area contributed by atoms with E-state index in [9.17, 15) is 9.90 Å². The molecular weight excluding hydrogens is 358 g/mol. The summed E-state index contributed by atoms with van der Waals surface area (Å²) in [6.45, 7) is 0.376. The summed E-state index contributed by atoms with van der Waals surface area (Å²) in [4.78, 5) is 10.8. The number of carboxylic acids is 1. The molecule has 2 aromatic carbocycles. The van der Waals surface area contributed by atoms with Crippen molar-refractivity contribution in [2.24, 2.45) is 0 Å². The fourth-order valence-electron chi connectivity index (χ4n) is 3.50. The number of carboxylic acid groups (broad SMARTS) is 1. The van der Waals surface area contributed by atoms with E-state index >= 15 is 0 Å². The molecule has 1 aliphatic rings. The third-order valence-electron chi connectivity index (χ3n) is 4.85. The van der Waals surface area contributed by atoms with Crippen LogP contribution in [0.15, 0.2) is 48.5 Å². The number of fused-ring (bicyclic) bond motifs is 1. The van der Waals surface area contributed by atoms with Crippen LogP contribution in [-0.4, -0.2) is 48.1 Å². The van der Waals surface area contributed by atoms with E-state index in [2.05, 4.69) is 11.4 Å². The Morgan fingerprint density at radius 3 is 2.75 bits per heavy atom. The molecule has 0 fully saturated rings. The van der Waals surface area contributed by atoms with Crippen LogP contribution in [0.1, 0.15) is 24.0 Å². The van der Waals surface area contributed by atoms with Crippen LogP contribution in [-0.2, 0) is 17.6 Å². The summed E-state index contributed by atoms with van der Waals surface area (Å²) in [6.07, 6.45) is 3.07. The first-order chi connectivity index (χ1) is 13.6. The van der Waals surface area contributed by atoms with Gasteiger partial charge in [-0.25, -0.2) is 4.79 Å². The highest BCUT2D eigenvalue weighted by atomic mass is 16.5. The Labute approximate surface area is 165 Å². The third kappa shape index (κ3) is 5.97. The summed E-state index contributed by atoms with van der Waals surface area (Å²) in [6, 6.07) is 15.5. The number of aliphatic carboxylic acids is 1. The number of hydrogen-bond acceptors (Lipinski definition) is 5. The number of aliphatic hydroxyl groups is 1. The second kappa shape index (κ2) is 10.1. The highest BCUT2D eigenvalue weighted by Gasteiger charge is 2.20. The standard InChI is InChI=1S/C22H27NO5/c24-18(14-27-19-8-2-1-3-9-19)13-23-17-7-5-10-20-16(12-17)6-4-11-21(20)28-15-22(25)26/h1-4,6,8-9,11,17-18,23-24H,5,7,10,12-15H2,(H,25,26)/t17?,18-/m0/s1. The lowest BCUT2D eigenvalue weighted by Crippen LogP contribution is -2.39. The lowest BCUT2D eigenvalue weighted by Gasteiger charge is -2.20. The molecule has 0 bridgehead atoms. The summed E-state index contributed by atoms with van der Waals surface area (Å²) in [5, 5.41) is 22.5. The normalized spacial score (nSPS) is 17.2. The smallest absolute Gasteiger partial charge is 0.341 e. The monoisotopic (exact) mass is 385 g/mol. The molecular formula is C22H27NO5. The van der Waals surface area contributed by atoms with Crippen LogP contribution < -0.4 is 14.8 Å². The molecule has 150 valence electrons. The Kier molecular flexibility index (Phi) is 7.28. The molecule has 2 aromatic rings. The quantitative estimate of drug-likeness (QED) is 0.575. The van der Waals surface area contributed by atoms with Crippen molar-refractivity contribution in [3.05, 3.63) is 59.7 Å². The van der Waals surface area contributed by atoms with Crippen LogP contribution in [0.4, 0.5) is 0 Å². The number of ether oxygens (including phenoxy) is 2. The molecule has 0 saturated heterocycles. The second-order valence-corrected chi connectivity index (χ2v) is 7.06. The maximum absolute atomic E-state index is 10.8. The molecule has 2 atom stereocenters. The van der Waals surface area contributed by atoms with Crippen molar-refractivity contribution in [3.8, 4) is 11.5 Å². The zero-order valence-corrected chi connectivity index (χ0v) is 15.8. The first kappa shape index (κ1) is 20.2. The fourth-order valence-corrected chi connectivity index (χ4v) is 3.50. The van der Waals surface area contributed by atoms with E-state index in [0.717, 1.165) is 37.0 Å². The van der Waals surface area contributed by atoms with Gasteiger partial charge in [0.2, 0.25) is 0 Å². The van der Waals surface area contributed by atoms with Crippen LogP contribution in [0.25, 0.3) is 0 Å². The second-order valence-electron chi connectivity index (χ2n) is 7.06. The number of para-hydroxylation sites is 1. The minimum Gasteiger partial charge on any atom is -0.491 e. The van der Waals surface area contributed by atoms with Crippen molar-refractivity contribution in [2.45, 2.75) is 37.8 Å². The number of aliphatic hydroxyl groups excluding tert-OH is 1. The predicted octanol–water partition coefficient (Wildman–Crippen LogP) is 2.43. The Morgan fingerprint density at radius 1 is 1.14 bits per heavy atom. The summed E-state index contributed by atoms with van der Waals surface area (Å²) in [5.74, 6) is 0.438. The lowest BCUT2D eigenvalue weighted by atomic mass is 10.0. The average molecular weight is 385 g/mol. The molecule has 0 amide bonds.